The van der Waals surface area contributed by atoms with Gasteiger partial charge in [-0.2, -0.15) is 0 Å². The smallest absolute Gasteiger partial charge is 0.0833 e. The number of morpholine rings is 1. The van der Waals surface area contributed by atoms with Crippen molar-refractivity contribution in [1.82, 2.24) is 20.2 Å². The lowest BCUT2D eigenvalue weighted by Crippen LogP contribution is -2.55. The fraction of sp³-hybridized carbons (Fsp3) is 0.692. The Morgan fingerprint density at radius 1 is 1.33 bits per heavy atom. The van der Waals surface area contributed by atoms with Crippen LogP contribution in [-0.4, -0.2) is 53.3 Å². The predicted octanol–water partition coefficient (Wildman–Crippen LogP) is 0.431. The number of piperidine rings is 1. The first-order valence-electron chi connectivity index (χ1n) is 6.68. The van der Waals surface area contributed by atoms with Crippen molar-refractivity contribution in [3.05, 3.63) is 24.3 Å². The topological polar surface area (TPSA) is 50.3 Å². The molecule has 3 rings (SSSR count). The van der Waals surface area contributed by atoms with Crippen LogP contribution < -0.4 is 5.32 Å². The highest BCUT2D eigenvalue weighted by Gasteiger charge is 2.37. The van der Waals surface area contributed by atoms with Crippen LogP contribution in [0.25, 0.3) is 0 Å². The molecule has 3 heterocycles. The van der Waals surface area contributed by atoms with E-state index in [1.165, 1.54) is 0 Å². The fourth-order valence-electron chi connectivity index (χ4n) is 2.88. The van der Waals surface area contributed by atoms with E-state index in [1.54, 1.807) is 12.4 Å². The lowest BCUT2D eigenvalue weighted by Gasteiger charge is -2.45. The summed E-state index contributed by atoms with van der Waals surface area (Å²) >= 11 is 0. The molecule has 1 N–H and O–H groups in total. The molecule has 1 spiro atoms. The molecule has 1 aromatic rings. The number of rotatable bonds is 2. The summed E-state index contributed by atoms with van der Waals surface area (Å²) < 4.78 is 6.06. The van der Waals surface area contributed by atoms with Crippen molar-refractivity contribution < 1.29 is 4.74 Å². The summed E-state index contributed by atoms with van der Waals surface area (Å²) in [4.78, 5) is 10.9. The van der Waals surface area contributed by atoms with Gasteiger partial charge in [0.15, 0.2) is 0 Å². The Hall–Kier alpha value is -1.04. The molecule has 2 saturated heterocycles. The van der Waals surface area contributed by atoms with Crippen LogP contribution in [0.15, 0.2) is 18.6 Å². The first-order valence-corrected chi connectivity index (χ1v) is 6.68. The van der Waals surface area contributed by atoms with Gasteiger partial charge in [0.2, 0.25) is 0 Å². The molecule has 1 aromatic heterocycles. The number of hydrogen-bond donors (Lipinski definition) is 1. The first kappa shape index (κ1) is 12.0. The number of aromatic nitrogens is 2. The Labute approximate surface area is 108 Å². The number of hydrogen-bond acceptors (Lipinski definition) is 5. The second-order valence-corrected chi connectivity index (χ2v) is 5.19. The Bertz CT molecular complexity index is 372. The van der Waals surface area contributed by atoms with E-state index in [2.05, 4.69) is 20.2 Å². The van der Waals surface area contributed by atoms with Crippen molar-refractivity contribution in [3.63, 3.8) is 0 Å². The van der Waals surface area contributed by atoms with Crippen LogP contribution in [0.5, 0.6) is 0 Å². The predicted molar refractivity (Wildman–Crippen MR) is 68.1 cm³/mol. The van der Waals surface area contributed by atoms with Crippen molar-refractivity contribution in [2.24, 2.45) is 0 Å². The third-order valence-electron chi connectivity index (χ3n) is 3.84. The molecule has 0 aliphatic carbocycles. The summed E-state index contributed by atoms with van der Waals surface area (Å²) in [6.45, 7) is 5.86. The SMILES string of the molecule is c1cnc(CN2CCOC3(CCNCC3)C2)cn1. The minimum absolute atomic E-state index is 0.0751. The Morgan fingerprint density at radius 2 is 2.22 bits per heavy atom. The average molecular weight is 248 g/mol. The second-order valence-electron chi connectivity index (χ2n) is 5.19. The van der Waals surface area contributed by atoms with Gasteiger partial charge in [-0.05, 0) is 25.9 Å². The monoisotopic (exact) mass is 248 g/mol. The van der Waals surface area contributed by atoms with E-state index < -0.39 is 0 Å². The van der Waals surface area contributed by atoms with Crippen LogP contribution in [0.4, 0.5) is 0 Å². The van der Waals surface area contributed by atoms with E-state index in [1.807, 2.05) is 6.20 Å². The summed E-state index contributed by atoms with van der Waals surface area (Å²) in [7, 11) is 0. The van der Waals surface area contributed by atoms with Gasteiger partial charge in [0.25, 0.3) is 0 Å². The third kappa shape index (κ3) is 2.68. The van der Waals surface area contributed by atoms with Gasteiger partial charge in [-0.3, -0.25) is 14.9 Å². The van der Waals surface area contributed by atoms with E-state index >= 15 is 0 Å². The lowest BCUT2D eigenvalue weighted by molar-refractivity contribution is -0.125. The molecule has 0 radical (unpaired) electrons. The second kappa shape index (κ2) is 5.30. The van der Waals surface area contributed by atoms with E-state index in [4.69, 9.17) is 4.74 Å². The van der Waals surface area contributed by atoms with Gasteiger partial charge < -0.3 is 10.1 Å². The van der Waals surface area contributed by atoms with Gasteiger partial charge >= 0.3 is 0 Å². The summed E-state index contributed by atoms with van der Waals surface area (Å²) in [6.07, 6.45) is 7.56. The highest BCUT2D eigenvalue weighted by Crippen LogP contribution is 2.27. The van der Waals surface area contributed by atoms with Crippen LogP contribution in [0.1, 0.15) is 18.5 Å². The molecule has 0 unspecified atom stereocenters. The van der Waals surface area contributed by atoms with Gasteiger partial charge in [0.05, 0.1) is 17.9 Å². The zero-order chi connectivity index (χ0) is 12.3. The average Bonchev–Trinajstić information content (AvgIpc) is 2.41. The van der Waals surface area contributed by atoms with Gasteiger partial charge in [-0.1, -0.05) is 0 Å². The van der Waals surface area contributed by atoms with E-state index in [-0.39, 0.29) is 5.60 Å². The van der Waals surface area contributed by atoms with Gasteiger partial charge in [0.1, 0.15) is 0 Å². The van der Waals surface area contributed by atoms with Crippen molar-refractivity contribution >= 4 is 0 Å². The molecule has 5 nitrogen and oxygen atoms in total. The minimum atomic E-state index is 0.0751. The summed E-state index contributed by atoms with van der Waals surface area (Å²) in [6, 6.07) is 0. The lowest BCUT2D eigenvalue weighted by atomic mass is 9.90. The molecule has 2 aliphatic heterocycles. The van der Waals surface area contributed by atoms with Crippen molar-refractivity contribution in [3.8, 4) is 0 Å². The number of nitrogens with zero attached hydrogens (tertiary/aromatic N) is 3. The summed E-state index contributed by atoms with van der Waals surface area (Å²) in [5.41, 5.74) is 1.12. The molecule has 2 aliphatic rings. The highest BCUT2D eigenvalue weighted by molar-refractivity contribution is 4.97. The van der Waals surface area contributed by atoms with Crippen molar-refractivity contribution in [2.75, 3.05) is 32.8 Å². The van der Waals surface area contributed by atoms with Gasteiger partial charge in [-0.25, -0.2) is 0 Å². The first-order chi connectivity index (χ1) is 8.86. The van der Waals surface area contributed by atoms with E-state index in [9.17, 15) is 0 Å². The van der Waals surface area contributed by atoms with E-state index in [0.29, 0.717) is 0 Å². The maximum absolute atomic E-state index is 6.06. The Kier molecular flexibility index (Phi) is 3.54. The molecule has 0 bridgehead atoms. The van der Waals surface area contributed by atoms with Crippen LogP contribution in [0.3, 0.4) is 0 Å². The molecule has 0 aromatic carbocycles. The highest BCUT2D eigenvalue weighted by atomic mass is 16.5. The number of nitrogens with one attached hydrogen (secondary N) is 1. The number of ether oxygens (including phenoxy) is 1. The van der Waals surface area contributed by atoms with Gasteiger partial charge in [0, 0.05) is 38.2 Å². The molecule has 2 fully saturated rings. The molecule has 98 valence electrons. The summed E-state index contributed by atoms with van der Waals surface area (Å²) in [5, 5.41) is 3.40. The molecule has 5 heteroatoms. The van der Waals surface area contributed by atoms with Crippen LogP contribution >= 0.6 is 0 Å². The minimum Gasteiger partial charge on any atom is -0.372 e. The molecule has 0 saturated carbocycles. The fourth-order valence-corrected chi connectivity index (χ4v) is 2.88. The molecular formula is C13H20N4O. The van der Waals surface area contributed by atoms with Crippen molar-refractivity contribution in [2.45, 2.75) is 25.0 Å². The zero-order valence-electron chi connectivity index (χ0n) is 10.6. The Morgan fingerprint density at radius 3 is 3.00 bits per heavy atom. The quantitative estimate of drug-likeness (QED) is 0.822. The van der Waals surface area contributed by atoms with Crippen LogP contribution in [0, 0.1) is 0 Å². The molecule has 18 heavy (non-hydrogen) atoms. The molecule has 0 atom stereocenters. The van der Waals surface area contributed by atoms with Crippen molar-refractivity contribution in [1.29, 1.82) is 0 Å². The standard InChI is InChI=1S/C13H20N4O/c1-3-14-4-2-13(1)11-17(7-8-18-13)10-12-9-15-5-6-16-12/h5-6,9,14H,1-4,7-8,10-11H2. The van der Waals surface area contributed by atoms with Crippen LogP contribution in [-0.2, 0) is 11.3 Å². The third-order valence-corrected chi connectivity index (χ3v) is 3.84. The Balaban J connectivity index is 1.63. The largest absolute Gasteiger partial charge is 0.372 e. The normalized spacial score (nSPS) is 24.2. The maximum Gasteiger partial charge on any atom is 0.0833 e. The van der Waals surface area contributed by atoms with Crippen LogP contribution in [0.2, 0.25) is 0 Å². The molecular weight excluding hydrogens is 228 g/mol. The zero-order valence-corrected chi connectivity index (χ0v) is 10.6. The van der Waals surface area contributed by atoms with Gasteiger partial charge in [-0.15, -0.1) is 0 Å². The van der Waals surface area contributed by atoms with E-state index in [0.717, 1.165) is 57.9 Å². The summed E-state index contributed by atoms with van der Waals surface area (Å²) in [5.74, 6) is 0. The molecule has 0 amide bonds. The maximum atomic E-state index is 6.06.